The second-order valence-corrected chi connectivity index (χ2v) is 6.12. The van der Waals surface area contributed by atoms with Crippen LogP contribution < -0.4 is 14.8 Å². The average molecular weight is 416 g/mol. The standard InChI is InChI=1S/C20H15F3N4O3/c21-20(22,23)29-15-5-2-13(3-6-15)14-4-7-17-16(12-14)18(27-30-17)28-11-10-26-19-24-8-1-9-25-19/h1-9,12H,10-11H2,(H,24,25,26). The largest absolute Gasteiger partial charge is 0.573 e. The number of fused-ring (bicyclic) bond motifs is 1. The van der Waals surface area contributed by atoms with Gasteiger partial charge in [0.15, 0.2) is 5.58 Å². The number of alkyl halides is 3. The molecular formula is C20H15F3N4O3. The van der Waals surface area contributed by atoms with Crippen molar-refractivity contribution >= 4 is 16.9 Å². The molecule has 30 heavy (non-hydrogen) atoms. The van der Waals surface area contributed by atoms with Crippen LogP contribution in [0.15, 0.2) is 65.4 Å². The van der Waals surface area contributed by atoms with Crippen LogP contribution in [0.25, 0.3) is 22.1 Å². The lowest BCUT2D eigenvalue weighted by molar-refractivity contribution is -0.274. The van der Waals surface area contributed by atoms with Crippen LogP contribution in [0.5, 0.6) is 11.6 Å². The summed E-state index contributed by atoms with van der Waals surface area (Å²) in [5.74, 6) is 0.530. The topological polar surface area (TPSA) is 82.3 Å². The summed E-state index contributed by atoms with van der Waals surface area (Å²) in [5.41, 5.74) is 2.01. The van der Waals surface area contributed by atoms with E-state index in [4.69, 9.17) is 9.26 Å². The van der Waals surface area contributed by atoms with Crippen LogP contribution >= 0.6 is 0 Å². The molecule has 0 unspecified atom stereocenters. The van der Waals surface area contributed by atoms with Crippen molar-refractivity contribution in [1.82, 2.24) is 15.1 Å². The summed E-state index contributed by atoms with van der Waals surface area (Å²) < 4.78 is 51.8. The number of hydrogen-bond acceptors (Lipinski definition) is 7. The SMILES string of the molecule is FC(F)(F)Oc1ccc(-c2ccc3onc(OCCNc4ncccn4)c3c2)cc1. The van der Waals surface area contributed by atoms with Gasteiger partial charge < -0.3 is 19.3 Å². The van der Waals surface area contributed by atoms with Gasteiger partial charge in [0, 0.05) is 12.4 Å². The number of nitrogens with one attached hydrogen (secondary N) is 1. The molecule has 2 heterocycles. The summed E-state index contributed by atoms with van der Waals surface area (Å²) in [6.07, 6.45) is -1.47. The van der Waals surface area contributed by atoms with Gasteiger partial charge in [-0.05, 0) is 46.6 Å². The van der Waals surface area contributed by atoms with Crippen molar-refractivity contribution in [2.75, 3.05) is 18.5 Å². The van der Waals surface area contributed by atoms with Crippen LogP contribution in [0.4, 0.5) is 19.1 Å². The third-order valence-electron chi connectivity index (χ3n) is 4.05. The van der Waals surface area contributed by atoms with E-state index in [1.807, 2.05) is 0 Å². The van der Waals surface area contributed by atoms with E-state index in [9.17, 15) is 13.2 Å². The normalized spacial score (nSPS) is 11.4. The van der Waals surface area contributed by atoms with Gasteiger partial charge in [0.1, 0.15) is 12.4 Å². The van der Waals surface area contributed by atoms with E-state index in [-0.39, 0.29) is 5.75 Å². The van der Waals surface area contributed by atoms with Crippen molar-refractivity contribution in [2.24, 2.45) is 0 Å². The number of rotatable bonds is 7. The molecular weight excluding hydrogens is 401 g/mol. The lowest BCUT2D eigenvalue weighted by atomic mass is 10.0. The van der Waals surface area contributed by atoms with Crippen molar-refractivity contribution in [3.63, 3.8) is 0 Å². The molecule has 0 atom stereocenters. The van der Waals surface area contributed by atoms with Crippen molar-refractivity contribution in [1.29, 1.82) is 0 Å². The molecule has 0 aliphatic heterocycles. The first kappa shape index (κ1) is 19.5. The molecule has 10 heteroatoms. The predicted molar refractivity (Wildman–Crippen MR) is 102 cm³/mol. The van der Waals surface area contributed by atoms with Crippen molar-refractivity contribution < 1.29 is 27.2 Å². The number of hydrogen-bond donors (Lipinski definition) is 1. The molecule has 0 saturated carbocycles. The van der Waals surface area contributed by atoms with Crippen LogP contribution in [-0.2, 0) is 0 Å². The second-order valence-electron chi connectivity index (χ2n) is 6.12. The Balaban J connectivity index is 1.44. The highest BCUT2D eigenvalue weighted by Crippen LogP contribution is 2.31. The maximum atomic E-state index is 12.3. The zero-order valence-electron chi connectivity index (χ0n) is 15.4. The Hall–Kier alpha value is -3.82. The summed E-state index contributed by atoms with van der Waals surface area (Å²) in [4.78, 5) is 8.10. The van der Waals surface area contributed by atoms with Crippen LogP contribution in [0.1, 0.15) is 0 Å². The van der Waals surface area contributed by atoms with Gasteiger partial charge in [0.2, 0.25) is 5.95 Å². The number of benzene rings is 2. The van der Waals surface area contributed by atoms with E-state index < -0.39 is 6.36 Å². The second kappa shape index (κ2) is 8.27. The summed E-state index contributed by atoms with van der Waals surface area (Å²) in [7, 11) is 0. The molecule has 0 radical (unpaired) electrons. The highest BCUT2D eigenvalue weighted by Gasteiger charge is 2.30. The quantitative estimate of drug-likeness (QED) is 0.438. The minimum absolute atomic E-state index is 0.281. The first-order valence-electron chi connectivity index (χ1n) is 8.87. The number of nitrogens with zero attached hydrogens (tertiary/aromatic N) is 3. The molecule has 154 valence electrons. The maximum Gasteiger partial charge on any atom is 0.573 e. The van der Waals surface area contributed by atoms with Crippen LogP contribution in [0, 0.1) is 0 Å². The molecule has 0 saturated heterocycles. The van der Waals surface area contributed by atoms with Gasteiger partial charge in [-0.15, -0.1) is 13.2 Å². The number of aromatic nitrogens is 3. The highest BCUT2D eigenvalue weighted by atomic mass is 19.4. The fourth-order valence-electron chi connectivity index (χ4n) is 2.75. The Bertz CT molecular complexity index is 1120. The predicted octanol–water partition coefficient (Wildman–Crippen LogP) is 4.67. The maximum absolute atomic E-state index is 12.3. The molecule has 0 fully saturated rings. The smallest absolute Gasteiger partial charge is 0.473 e. The highest BCUT2D eigenvalue weighted by molar-refractivity contribution is 5.87. The third-order valence-corrected chi connectivity index (χ3v) is 4.05. The lowest BCUT2D eigenvalue weighted by Gasteiger charge is -2.09. The van der Waals surface area contributed by atoms with Gasteiger partial charge in [0.25, 0.3) is 5.88 Å². The monoisotopic (exact) mass is 416 g/mol. The van der Waals surface area contributed by atoms with Crippen molar-refractivity contribution in [2.45, 2.75) is 6.36 Å². The summed E-state index contributed by atoms with van der Waals surface area (Å²) in [6.45, 7) is 0.756. The fourth-order valence-corrected chi connectivity index (χ4v) is 2.75. The first-order chi connectivity index (χ1) is 14.5. The number of halogens is 3. The van der Waals surface area contributed by atoms with Gasteiger partial charge in [0.05, 0.1) is 11.9 Å². The molecule has 0 spiro atoms. The van der Waals surface area contributed by atoms with Crippen LogP contribution in [0.2, 0.25) is 0 Å². The van der Waals surface area contributed by atoms with Crippen molar-refractivity contribution in [3.8, 4) is 22.8 Å². The van der Waals surface area contributed by atoms with Crippen LogP contribution in [0.3, 0.4) is 0 Å². The van der Waals surface area contributed by atoms with Gasteiger partial charge in [-0.2, -0.15) is 0 Å². The molecule has 0 bridgehead atoms. The number of anilines is 1. The van der Waals surface area contributed by atoms with E-state index in [1.165, 1.54) is 12.1 Å². The zero-order chi connectivity index (χ0) is 21.0. The van der Waals surface area contributed by atoms with Crippen molar-refractivity contribution in [3.05, 3.63) is 60.9 Å². The van der Waals surface area contributed by atoms with E-state index in [0.29, 0.717) is 41.5 Å². The summed E-state index contributed by atoms with van der Waals surface area (Å²) in [6, 6.07) is 12.6. The fraction of sp³-hybridized carbons (Fsp3) is 0.150. The Morgan fingerprint density at radius 1 is 0.967 bits per heavy atom. The Morgan fingerprint density at radius 3 is 2.43 bits per heavy atom. The van der Waals surface area contributed by atoms with Gasteiger partial charge in [-0.1, -0.05) is 18.2 Å². The Labute approximate surface area is 168 Å². The third kappa shape index (κ3) is 4.77. The van der Waals surface area contributed by atoms with E-state index in [2.05, 4.69) is 25.2 Å². The molecule has 1 N–H and O–H groups in total. The molecule has 4 rings (SSSR count). The van der Waals surface area contributed by atoms with E-state index in [0.717, 1.165) is 5.56 Å². The van der Waals surface area contributed by atoms with E-state index >= 15 is 0 Å². The summed E-state index contributed by atoms with van der Waals surface area (Å²) in [5, 5.41) is 7.60. The minimum Gasteiger partial charge on any atom is -0.473 e. The van der Waals surface area contributed by atoms with Gasteiger partial charge >= 0.3 is 6.36 Å². The van der Waals surface area contributed by atoms with Gasteiger partial charge in [-0.25, -0.2) is 9.97 Å². The van der Waals surface area contributed by atoms with Gasteiger partial charge in [-0.3, -0.25) is 0 Å². The lowest BCUT2D eigenvalue weighted by Crippen LogP contribution is -2.16. The zero-order valence-corrected chi connectivity index (χ0v) is 15.4. The first-order valence-corrected chi connectivity index (χ1v) is 8.87. The van der Waals surface area contributed by atoms with Crippen LogP contribution in [-0.4, -0.2) is 34.6 Å². The molecule has 7 nitrogen and oxygen atoms in total. The van der Waals surface area contributed by atoms with E-state index in [1.54, 1.807) is 48.8 Å². The molecule has 2 aromatic carbocycles. The minimum atomic E-state index is -4.73. The Morgan fingerprint density at radius 2 is 1.70 bits per heavy atom. The molecule has 4 aromatic rings. The summed E-state index contributed by atoms with van der Waals surface area (Å²) >= 11 is 0. The molecule has 0 aliphatic rings. The molecule has 0 amide bonds. The average Bonchev–Trinajstić information content (AvgIpc) is 3.14. The number of ether oxygens (including phenoxy) is 2. The molecule has 2 aromatic heterocycles. The Kier molecular flexibility index (Phi) is 5.38. The molecule has 0 aliphatic carbocycles.